The fourth-order valence-corrected chi connectivity index (χ4v) is 3.17. The lowest BCUT2D eigenvalue weighted by molar-refractivity contribution is -0.158. The summed E-state index contributed by atoms with van der Waals surface area (Å²) in [7, 11) is 0. The van der Waals surface area contributed by atoms with E-state index < -0.39 is 25.2 Å². The van der Waals surface area contributed by atoms with Gasteiger partial charge in [-0.2, -0.15) is 24.9 Å². The summed E-state index contributed by atoms with van der Waals surface area (Å²) in [6.07, 6.45) is -3.72. The molecule has 0 spiro atoms. The van der Waals surface area contributed by atoms with Crippen LogP contribution < -0.4 is 0 Å². The largest absolute Gasteiger partial charge is 0.480 e. The Morgan fingerprint density at radius 1 is 1.56 bits per heavy atom. The molecule has 2 atom stereocenters. The second kappa shape index (κ2) is 5.27. The van der Waals surface area contributed by atoms with Crippen LogP contribution in [0.5, 0.6) is 0 Å². The molecule has 0 bridgehead atoms. The molecule has 1 N–H and O–H groups in total. The van der Waals surface area contributed by atoms with E-state index in [1.54, 1.807) is 11.8 Å². The fourth-order valence-electron chi connectivity index (χ4n) is 1.89. The third kappa shape index (κ3) is 4.21. The van der Waals surface area contributed by atoms with Crippen LogP contribution in [0.15, 0.2) is 0 Å². The fraction of sp³-hybridized carbons (Fsp3) is 0.889. The highest BCUT2D eigenvalue weighted by atomic mass is 32.2. The van der Waals surface area contributed by atoms with Crippen LogP contribution in [0, 0.1) is 0 Å². The third-order valence-electron chi connectivity index (χ3n) is 2.53. The first-order valence-corrected chi connectivity index (χ1v) is 5.98. The molecule has 0 amide bonds. The summed E-state index contributed by atoms with van der Waals surface area (Å²) < 4.78 is 36.9. The number of nitrogens with zero attached hydrogens (tertiary/aromatic N) is 1. The van der Waals surface area contributed by atoms with Gasteiger partial charge in [0, 0.05) is 11.3 Å². The Kier molecular flexibility index (Phi) is 4.49. The molecule has 0 saturated carbocycles. The molecule has 94 valence electrons. The van der Waals surface area contributed by atoms with Gasteiger partial charge in [-0.05, 0) is 12.2 Å². The molecule has 1 fully saturated rings. The first-order chi connectivity index (χ1) is 7.29. The first-order valence-electron chi connectivity index (χ1n) is 4.94. The maximum Gasteiger partial charge on any atom is 0.401 e. The van der Waals surface area contributed by atoms with E-state index in [0.717, 1.165) is 10.7 Å². The summed E-state index contributed by atoms with van der Waals surface area (Å²) in [5.74, 6) is -0.423. The number of carboxylic acid groups (broad SMARTS) is 1. The molecule has 2 unspecified atom stereocenters. The predicted molar refractivity (Wildman–Crippen MR) is 55.6 cm³/mol. The van der Waals surface area contributed by atoms with Crippen molar-refractivity contribution in [3.63, 3.8) is 0 Å². The van der Waals surface area contributed by atoms with Crippen LogP contribution in [0.2, 0.25) is 0 Å². The number of halogens is 3. The zero-order valence-corrected chi connectivity index (χ0v) is 9.64. The Balaban J connectivity index is 2.66. The molecule has 0 aromatic rings. The second-order valence-electron chi connectivity index (χ2n) is 3.85. The van der Waals surface area contributed by atoms with Crippen LogP contribution in [0.4, 0.5) is 13.2 Å². The van der Waals surface area contributed by atoms with E-state index in [0.29, 0.717) is 6.42 Å². The van der Waals surface area contributed by atoms with Crippen molar-refractivity contribution in [2.75, 3.05) is 18.8 Å². The lowest BCUT2D eigenvalue weighted by atomic mass is 10.1. The molecule has 1 heterocycles. The Morgan fingerprint density at radius 3 is 2.56 bits per heavy atom. The average Bonchev–Trinajstić information content (AvgIpc) is 2.46. The van der Waals surface area contributed by atoms with Crippen molar-refractivity contribution in [3.05, 3.63) is 0 Å². The molecular weight excluding hydrogens is 243 g/mol. The van der Waals surface area contributed by atoms with Gasteiger partial charge in [-0.1, -0.05) is 6.92 Å². The van der Waals surface area contributed by atoms with Crippen LogP contribution in [-0.4, -0.2) is 52.3 Å². The summed E-state index contributed by atoms with van der Waals surface area (Å²) in [4.78, 5) is 11.6. The highest BCUT2D eigenvalue weighted by Crippen LogP contribution is 2.31. The van der Waals surface area contributed by atoms with Gasteiger partial charge in [0.05, 0.1) is 13.1 Å². The molecule has 0 aromatic carbocycles. The molecule has 7 heteroatoms. The standard InChI is InChI=1S/C9H14F3NO2S/c1-6-7(2-3-16-6)13(4-8(14)15)5-9(10,11)12/h6-7H,2-5H2,1H3,(H,14,15). The summed E-state index contributed by atoms with van der Waals surface area (Å²) in [5, 5.41) is 8.67. The van der Waals surface area contributed by atoms with E-state index in [1.165, 1.54) is 0 Å². The molecular formula is C9H14F3NO2S. The van der Waals surface area contributed by atoms with Crippen LogP contribution in [0.3, 0.4) is 0 Å². The minimum absolute atomic E-state index is 0.0571. The van der Waals surface area contributed by atoms with Crippen molar-refractivity contribution in [3.8, 4) is 0 Å². The van der Waals surface area contributed by atoms with Gasteiger partial charge in [-0.15, -0.1) is 0 Å². The number of rotatable bonds is 4. The molecule has 0 aliphatic carbocycles. The van der Waals surface area contributed by atoms with E-state index in [1.807, 2.05) is 6.92 Å². The topological polar surface area (TPSA) is 40.5 Å². The number of carboxylic acids is 1. The van der Waals surface area contributed by atoms with Gasteiger partial charge in [-0.25, -0.2) is 0 Å². The van der Waals surface area contributed by atoms with E-state index in [2.05, 4.69) is 0 Å². The van der Waals surface area contributed by atoms with Crippen molar-refractivity contribution in [2.45, 2.75) is 30.8 Å². The molecule has 0 aromatic heterocycles. The lowest BCUT2D eigenvalue weighted by Crippen LogP contribution is -2.46. The minimum atomic E-state index is -4.34. The lowest BCUT2D eigenvalue weighted by Gasteiger charge is -2.30. The average molecular weight is 257 g/mol. The van der Waals surface area contributed by atoms with Gasteiger partial charge >= 0.3 is 12.1 Å². The molecule has 3 nitrogen and oxygen atoms in total. The van der Waals surface area contributed by atoms with Gasteiger partial charge in [0.1, 0.15) is 0 Å². The van der Waals surface area contributed by atoms with E-state index in [-0.39, 0.29) is 11.3 Å². The van der Waals surface area contributed by atoms with Gasteiger partial charge in [-0.3, -0.25) is 9.69 Å². The summed E-state index contributed by atoms with van der Waals surface area (Å²) in [6, 6.07) is -0.289. The normalized spacial score (nSPS) is 26.3. The molecule has 1 saturated heterocycles. The maximum absolute atomic E-state index is 12.3. The number of hydrogen-bond donors (Lipinski definition) is 1. The Hall–Kier alpha value is -0.430. The van der Waals surface area contributed by atoms with E-state index in [9.17, 15) is 18.0 Å². The van der Waals surface area contributed by atoms with Gasteiger partial charge < -0.3 is 5.11 Å². The summed E-state index contributed by atoms with van der Waals surface area (Å²) >= 11 is 1.58. The zero-order chi connectivity index (χ0) is 12.3. The molecule has 1 aliphatic heterocycles. The van der Waals surface area contributed by atoms with E-state index in [4.69, 9.17) is 5.11 Å². The summed E-state index contributed by atoms with van der Waals surface area (Å²) in [5.41, 5.74) is 0. The number of alkyl halides is 3. The molecule has 1 aliphatic rings. The van der Waals surface area contributed by atoms with Crippen molar-refractivity contribution in [2.24, 2.45) is 0 Å². The first kappa shape index (κ1) is 13.6. The third-order valence-corrected chi connectivity index (χ3v) is 3.84. The quantitative estimate of drug-likeness (QED) is 0.834. The zero-order valence-electron chi connectivity index (χ0n) is 8.83. The SMILES string of the molecule is CC1SCCC1N(CC(=O)O)CC(F)(F)F. The van der Waals surface area contributed by atoms with E-state index >= 15 is 0 Å². The van der Waals surface area contributed by atoms with Crippen LogP contribution in [-0.2, 0) is 4.79 Å². The van der Waals surface area contributed by atoms with Gasteiger partial charge in [0.2, 0.25) is 0 Å². The number of thioether (sulfide) groups is 1. The molecule has 0 radical (unpaired) electrons. The smallest absolute Gasteiger partial charge is 0.401 e. The molecule has 1 rings (SSSR count). The van der Waals surface area contributed by atoms with Crippen molar-refractivity contribution < 1.29 is 23.1 Å². The Morgan fingerprint density at radius 2 is 2.19 bits per heavy atom. The van der Waals surface area contributed by atoms with Crippen molar-refractivity contribution in [1.82, 2.24) is 4.90 Å². The number of aliphatic carboxylic acids is 1. The second-order valence-corrected chi connectivity index (χ2v) is 5.33. The molecule has 16 heavy (non-hydrogen) atoms. The Labute approximate surface area is 96.0 Å². The van der Waals surface area contributed by atoms with Gasteiger partial charge in [0.25, 0.3) is 0 Å². The van der Waals surface area contributed by atoms with Crippen LogP contribution in [0.1, 0.15) is 13.3 Å². The van der Waals surface area contributed by atoms with Gasteiger partial charge in [0.15, 0.2) is 0 Å². The number of carbonyl (C=O) groups is 1. The Bertz CT molecular complexity index is 260. The maximum atomic E-state index is 12.3. The highest BCUT2D eigenvalue weighted by molar-refractivity contribution is 8.00. The highest BCUT2D eigenvalue weighted by Gasteiger charge is 2.38. The van der Waals surface area contributed by atoms with Crippen molar-refractivity contribution >= 4 is 17.7 Å². The number of hydrogen-bond acceptors (Lipinski definition) is 3. The van der Waals surface area contributed by atoms with Crippen LogP contribution >= 0.6 is 11.8 Å². The van der Waals surface area contributed by atoms with Crippen LogP contribution in [0.25, 0.3) is 0 Å². The summed E-state index contributed by atoms with van der Waals surface area (Å²) in [6.45, 7) is 0.150. The van der Waals surface area contributed by atoms with Crippen molar-refractivity contribution in [1.29, 1.82) is 0 Å². The minimum Gasteiger partial charge on any atom is -0.480 e. The predicted octanol–water partition coefficient (Wildman–Crippen LogP) is 1.83. The monoisotopic (exact) mass is 257 g/mol.